The van der Waals surface area contributed by atoms with Crippen LogP contribution in [0.25, 0.3) is 0 Å². The van der Waals surface area contributed by atoms with Crippen molar-refractivity contribution in [2.45, 2.75) is 35.8 Å². The van der Waals surface area contributed by atoms with E-state index >= 15 is 0 Å². The van der Waals surface area contributed by atoms with Crippen LogP contribution in [0.15, 0.2) is 76.5 Å². The van der Waals surface area contributed by atoms with Gasteiger partial charge in [0.25, 0.3) is 15.9 Å². The molecule has 0 aliphatic carbocycles. The SMILES string of the molecule is COc1ccc(S(=O)(=O)N2C[C@H](C(=O)N[C@@H](C)c3ccc(S(C)(=O)=O)cc3)Oc3ccc(C)cc32)cc1. The van der Waals surface area contributed by atoms with Gasteiger partial charge in [0.05, 0.1) is 35.2 Å². The fourth-order valence-electron chi connectivity index (χ4n) is 3.99. The summed E-state index contributed by atoms with van der Waals surface area (Å²) in [5, 5.41) is 2.84. The van der Waals surface area contributed by atoms with E-state index in [0.717, 1.165) is 11.8 Å². The number of rotatable bonds is 7. The van der Waals surface area contributed by atoms with Crippen LogP contribution in [0.3, 0.4) is 0 Å². The molecular weight excluding hydrogens is 516 g/mol. The Morgan fingerprint density at radius 2 is 1.62 bits per heavy atom. The zero-order valence-corrected chi connectivity index (χ0v) is 22.5. The summed E-state index contributed by atoms with van der Waals surface area (Å²) >= 11 is 0. The Hall–Kier alpha value is -3.57. The first-order valence-electron chi connectivity index (χ1n) is 11.4. The number of hydrogen-bond acceptors (Lipinski definition) is 7. The largest absolute Gasteiger partial charge is 0.497 e. The van der Waals surface area contributed by atoms with E-state index < -0.39 is 37.9 Å². The monoisotopic (exact) mass is 544 g/mol. The lowest BCUT2D eigenvalue weighted by molar-refractivity contribution is -0.128. The number of ether oxygens (including phenoxy) is 2. The van der Waals surface area contributed by atoms with E-state index in [1.165, 1.54) is 35.7 Å². The molecule has 0 fully saturated rings. The molecule has 196 valence electrons. The van der Waals surface area contributed by atoms with E-state index in [1.54, 1.807) is 49.4 Å². The maximum Gasteiger partial charge on any atom is 0.264 e. The fraction of sp³-hybridized carbons (Fsp3) is 0.269. The van der Waals surface area contributed by atoms with Crippen LogP contribution in [0.2, 0.25) is 0 Å². The zero-order chi connectivity index (χ0) is 27.0. The predicted molar refractivity (Wildman–Crippen MR) is 139 cm³/mol. The van der Waals surface area contributed by atoms with E-state index in [4.69, 9.17) is 9.47 Å². The number of aryl methyl sites for hydroxylation is 1. The molecule has 3 aromatic carbocycles. The Kier molecular flexibility index (Phi) is 7.20. The molecule has 1 N–H and O–H groups in total. The highest BCUT2D eigenvalue weighted by molar-refractivity contribution is 7.92. The molecule has 9 nitrogen and oxygen atoms in total. The molecule has 0 saturated carbocycles. The zero-order valence-electron chi connectivity index (χ0n) is 20.8. The Balaban J connectivity index is 1.60. The molecule has 1 aliphatic heterocycles. The van der Waals surface area contributed by atoms with Gasteiger partial charge in [-0.15, -0.1) is 0 Å². The second kappa shape index (κ2) is 10.1. The minimum absolute atomic E-state index is 0.0566. The molecule has 1 aliphatic rings. The quantitative estimate of drug-likeness (QED) is 0.485. The smallest absolute Gasteiger partial charge is 0.264 e. The van der Waals surface area contributed by atoms with E-state index in [-0.39, 0.29) is 22.1 Å². The first-order valence-corrected chi connectivity index (χ1v) is 14.8. The van der Waals surface area contributed by atoms with Crippen molar-refractivity contribution in [1.29, 1.82) is 0 Å². The van der Waals surface area contributed by atoms with Crippen LogP contribution in [0, 0.1) is 6.92 Å². The second-order valence-corrected chi connectivity index (χ2v) is 12.7. The summed E-state index contributed by atoms with van der Waals surface area (Å²) in [5.74, 6) is 0.299. The normalized spacial score (nSPS) is 16.3. The predicted octanol–water partition coefficient (Wildman–Crippen LogP) is 3.24. The lowest BCUT2D eigenvalue weighted by Crippen LogP contribution is -2.51. The Morgan fingerprint density at radius 1 is 1.00 bits per heavy atom. The van der Waals surface area contributed by atoms with Crippen LogP contribution in [0.4, 0.5) is 5.69 Å². The van der Waals surface area contributed by atoms with Gasteiger partial charge < -0.3 is 14.8 Å². The molecule has 2 atom stereocenters. The molecule has 0 radical (unpaired) electrons. The molecule has 1 amide bonds. The lowest BCUT2D eigenvalue weighted by atomic mass is 10.1. The molecule has 0 spiro atoms. The molecule has 0 aromatic heterocycles. The van der Waals surface area contributed by atoms with Gasteiger partial charge >= 0.3 is 0 Å². The van der Waals surface area contributed by atoms with Crippen LogP contribution >= 0.6 is 0 Å². The van der Waals surface area contributed by atoms with Crippen molar-refractivity contribution in [3.63, 3.8) is 0 Å². The van der Waals surface area contributed by atoms with Gasteiger partial charge in [-0.3, -0.25) is 9.10 Å². The third-order valence-electron chi connectivity index (χ3n) is 6.09. The molecule has 0 bridgehead atoms. The number of hydrogen-bond donors (Lipinski definition) is 1. The number of carbonyl (C=O) groups is 1. The molecule has 1 heterocycles. The number of benzene rings is 3. The summed E-state index contributed by atoms with van der Waals surface area (Å²) in [6.07, 6.45) is 0.0135. The van der Waals surface area contributed by atoms with Gasteiger partial charge in [0.2, 0.25) is 0 Å². The van der Waals surface area contributed by atoms with Gasteiger partial charge in [-0.25, -0.2) is 16.8 Å². The maximum atomic E-state index is 13.6. The summed E-state index contributed by atoms with van der Waals surface area (Å²) in [6.45, 7) is 3.36. The highest BCUT2D eigenvalue weighted by atomic mass is 32.2. The summed E-state index contributed by atoms with van der Waals surface area (Å²) in [5.41, 5.74) is 1.88. The topological polar surface area (TPSA) is 119 Å². The first-order chi connectivity index (χ1) is 17.4. The Bertz CT molecular complexity index is 1520. The van der Waals surface area contributed by atoms with Crippen LogP contribution in [0.1, 0.15) is 24.1 Å². The van der Waals surface area contributed by atoms with E-state index in [0.29, 0.717) is 17.0 Å². The van der Waals surface area contributed by atoms with Gasteiger partial charge in [0.15, 0.2) is 15.9 Å². The number of amides is 1. The van der Waals surface area contributed by atoms with Crippen molar-refractivity contribution in [1.82, 2.24) is 5.32 Å². The van der Waals surface area contributed by atoms with Gasteiger partial charge in [-0.1, -0.05) is 18.2 Å². The summed E-state index contributed by atoms with van der Waals surface area (Å²) in [4.78, 5) is 13.4. The minimum Gasteiger partial charge on any atom is -0.497 e. The third-order valence-corrected chi connectivity index (χ3v) is 9.01. The summed E-state index contributed by atoms with van der Waals surface area (Å²) < 4.78 is 63.0. The first kappa shape index (κ1) is 26.5. The summed E-state index contributed by atoms with van der Waals surface area (Å²) in [7, 11) is -5.87. The van der Waals surface area contributed by atoms with Crippen molar-refractivity contribution in [2.75, 3.05) is 24.2 Å². The number of fused-ring (bicyclic) bond motifs is 1. The second-order valence-electron chi connectivity index (χ2n) is 8.86. The van der Waals surface area contributed by atoms with Gasteiger partial charge in [-0.05, 0) is 73.5 Å². The Morgan fingerprint density at radius 3 is 2.22 bits per heavy atom. The number of methoxy groups -OCH3 is 1. The van der Waals surface area contributed by atoms with Crippen LogP contribution in [-0.2, 0) is 24.7 Å². The molecule has 0 unspecified atom stereocenters. The van der Waals surface area contributed by atoms with Crippen molar-refractivity contribution >= 4 is 31.5 Å². The highest BCUT2D eigenvalue weighted by Gasteiger charge is 2.38. The Labute approximate surface area is 217 Å². The number of carbonyl (C=O) groups excluding carboxylic acids is 1. The van der Waals surface area contributed by atoms with Crippen molar-refractivity contribution in [3.05, 3.63) is 77.9 Å². The van der Waals surface area contributed by atoms with Crippen LogP contribution in [-0.4, -0.2) is 48.8 Å². The average Bonchev–Trinajstić information content (AvgIpc) is 2.87. The summed E-state index contributed by atoms with van der Waals surface area (Å²) in [6, 6.07) is 16.9. The number of sulfone groups is 1. The van der Waals surface area contributed by atoms with Gasteiger partial charge in [0, 0.05) is 6.26 Å². The van der Waals surface area contributed by atoms with Crippen molar-refractivity contribution in [2.24, 2.45) is 0 Å². The van der Waals surface area contributed by atoms with Crippen molar-refractivity contribution in [3.8, 4) is 11.5 Å². The van der Waals surface area contributed by atoms with Gasteiger partial charge in [0.1, 0.15) is 11.5 Å². The number of anilines is 1. The molecule has 4 rings (SSSR count). The van der Waals surface area contributed by atoms with Crippen LogP contribution < -0.4 is 19.1 Å². The number of nitrogens with zero attached hydrogens (tertiary/aromatic N) is 1. The number of sulfonamides is 1. The molecular formula is C26H28N2O7S2. The molecule has 0 saturated heterocycles. The maximum absolute atomic E-state index is 13.6. The van der Waals surface area contributed by atoms with E-state index in [2.05, 4.69) is 5.32 Å². The van der Waals surface area contributed by atoms with Crippen molar-refractivity contribution < 1.29 is 31.1 Å². The standard InChI is InChI=1S/C26H28N2O7S2/c1-17-5-14-24-23(15-17)28(37(32,33)22-12-8-20(34-3)9-13-22)16-25(35-24)26(29)27-18(2)19-6-10-21(11-7-19)36(4,30)31/h5-15,18,25H,16H2,1-4H3,(H,27,29)/t18-,25+/m0/s1. The molecule has 37 heavy (non-hydrogen) atoms. The molecule has 3 aromatic rings. The van der Waals surface area contributed by atoms with Gasteiger partial charge in [-0.2, -0.15) is 0 Å². The lowest BCUT2D eigenvalue weighted by Gasteiger charge is -2.35. The average molecular weight is 545 g/mol. The fourth-order valence-corrected chi connectivity index (χ4v) is 6.09. The number of nitrogens with one attached hydrogen (secondary N) is 1. The van der Waals surface area contributed by atoms with E-state index in [1.807, 2.05) is 6.92 Å². The third kappa shape index (κ3) is 5.57. The van der Waals surface area contributed by atoms with Crippen LogP contribution in [0.5, 0.6) is 11.5 Å². The minimum atomic E-state index is -4.02. The highest BCUT2D eigenvalue weighted by Crippen LogP contribution is 2.38. The van der Waals surface area contributed by atoms with E-state index in [9.17, 15) is 21.6 Å². The molecule has 11 heteroatoms.